The summed E-state index contributed by atoms with van der Waals surface area (Å²) in [4.78, 5) is 12.0. The SMILES string of the molecule is COc1ccccc1CCC(=O)NCc1cc(F)ccc1OC. The number of carbonyl (C=O) groups excluding carboxylic acids is 1. The minimum atomic E-state index is -0.357. The summed E-state index contributed by atoms with van der Waals surface area (Å²) in [5.74, 6) is 0.856. The number of carbonyl (C=O) groups is 1. The lowest BCUT2D eigenvalue weighted by molar-refractivity contribution is -0.121. The zero-order valence-electron chi connectivity index (χ0n) is 13.3. The van der Waals surface area contributed by atoms with Gasteiger partial charge in [0.05, 0.1) is 14.2 Å². The third-order valence-electron chi connectivity index (χ3n) is 3.53. The maximum atomic E-state index is 13.3. The minimum absolute atomic E-state index is 0.109. The average molecular weight is 317 g/mol. The van der Waals surface area contributed by atoms with Crippen LogP contribution in [0, 0.1) is 5.82 Å². The molecule has 2 rings (SSSR count). The van der Waals surface area contributed by atoms with Crippen LogP contribution in [0.4, 0.5) is 4.39 Å². The van der Waals surface area contributed by atoms with Gasteiger partial charge in [-0.25, -0.2) is 4.39 Å². The summed E-state index contributed by atoms with van der Waals surface area (Å²) in [6, 6.07) is 11.8. The van der Waals surface area contributed by atoms with Crippen molar-refractivity contribution in [3.8, 4) is 11.5 Å². The highest BCUT2D eigenvalue weighted by Gasteiger charge is 2.09. The van der Waals surface area contributed by atoms with E-state index in [4.69, 9.17) is 9.47 Å². The maximum Gasteiger partial charge on any atom is 0.220 e. The molecule has 122 valence electrons. The topological polar surface area (TPSA) is 47.6 Å². The third-order valence-corrected chi connectivity index (χ3v) is 3.53. The predicted molar refractivity (Wildman–Crippen MR) is 86.1 cm³/mol. The Kier molecular flexibility index (Phi) is 5.97. The van der Waals surface area contributed by atoms with E-state index in [1.807, 2.05) is 24.3 Å². The second kappa shape index (κ2) is 8.17. The third kappa shape index (κ3) is 4.71. The highest BCUT2D eigenvalue weighted by molar-refractivity contribution is 5.76. The van der Waals surface area contributed by atoms with E-state index < -0.39 is 0 Å². The Labute approximate surface area is 135 Å². The number of rotatable bonds is 7. The molecule has 4 nitrogen and oxygen atoms in total. The van der Waals surface area contributed by atoms with Gasteiger partial charge in [0.1, 0.15) is 17.3 Å². The van der Waals surface area contributed by atoms with E-state index in [9.17, 15) is 9.18 Å². The summed E-state index contributed by atoms with van der Waals surface area (Å²) in [5.41, 5.74) is 1.59. The summed E-state index contributed by atoms with van der Waals surface area (Å²) < 4.78 is 23.7. The predicted octanol–water partition coefficient (Wildman–Crippen LogP) is 3.09. The lowest BCUT2D eigenvalue weighted by atomic mass is 10.1. The number of benzene rings is 2. The van der Waals surface area contributed by atoms with Crippen LogP contribution >= 0.6 is 0 Å². The number of nitrogens with one attached hydrogen (secondary N) is 1. The molecule has 0 saturated heterocycles. The molecule has 0 atom stereocenters. The van der Waals surface area contributed by atoms with Gasteiger partial charge in [0, 0.05) is 18.5 Å². The van der Waals surface area contributed by atoms with Crippen LogP contribution in [0.1, 0.15) is 17.5 Å². The van der Waals surface area contributed by atoms with E-state index in [0.29, 0.717) is 24.2 Å². The van der Waals surface area contributed by atoms with Gasteiger partial charge < -0.3 is 14.8 Å². The molecule has 0 spiro atoms. The van der Waals surface area contributed by atoms with Crippen LogP contribution in [0.3, 0.4) is 0 Å². The van der Waals surface area contributed by atoms with Gasteiger partial charge >= 0.3 is 0 Å². The minimum Gasteiger partial charge on any atom is -0.496 e. The van der Waals surface area contributed by atoms with Crippen LogP contribution in [-0.4, -0.2) is 20.1 Å². The molecule has 2 aromatic carbocycles. The lowest BCUT2D eigenvalue weighted by Crippen LogP contribution is -2.23. The van der Waals surface area contributed by atoms with Gasteiger partial charge in [-0.15, -0.1) is 0 Å². The molecule has 0 fully saturated rings. The first-order chi connectivity index (χ1) is 11.1. The highest BCUT2D eigenvalue weighted by atomic mass is 19.1. The molecule has 0 bridgehead atoms. The highest BCUT2D eigenvalue weighted by Crippen LogP contribution is 2.20. The van der Waals surface area contributed by atoms with E-state index in [1.165, 1.54) is 19.2 Å². The molecule has 0 aliphatic rings. The summed E-state index contributed by atoms with van der Waals surface area (Å²) in [6.07, 6.45) is 0.911. The van der Waals surface area contributed by atoms with Crippen LogP contribution in [-0.2, 0) is 17.8 Å². The van der Waals surface area contributed by atoms with Crippen molar-refractivity contribution in [3.05, 3.63) is 59.4 Å². The molecular formula is C18H20FNO3. The van der Waals surface area contributed by atoms with Crippen LogP contribution < -0.4 is 14.8 Å². The van der Waals surface area contributed by atoms with Crippen molar-refractivity contribution in [2.24, 2.45) is 0 Å². The van der Waals surface area contributed by atoms with Crippen molar-refractivity contribution < 1.29 is 18.7 Å². The number of hydrogen-bond acceptors (Lipinski definition) is 3. The van der Waals surface area contributed by atoms with E-state index in [2.05, 4.69) is 5.32 Å². The summed E-state index contributed by atoms with van der Waals surface area (Å²) >= 11 is 0. The second-order valence-corrected chi connectivity index (χ2v) is 5.04. The molecule has 0 radical (unpaired) electrons. The Morgan fingerprint density at radius 3 is 2.48 bits per heavy atom. The number of halogens is 1. The van der Waals surface area contributed by atoms with E-state index >= 15 is 0 Å². The number of hydrogen-bond donors (Lipinski definition) is 1. The van der Waals surface area contributed by atoms with Crippen LogP contribution in [0.5, 0.6) is 11.5 Å². The molecule has 0 aliphatic carbocycles. The number of methoxy groups -OCH3 is 2. The fourth-order valence-electron chi connectivity index (χ4n) is 2.33. The van der Waals surface area contributed by atoms with Gasteiger partial charge in [-0.2, -0.15) is 0 Å². The molecule has 1 N–H and O–H groups in total. The zero-order chi connectivity index (χ0) is 16.7. The fourth-order valence-corrected chi connectivity index (χ4v) is 2.33. The van der Waals surface area contributed by atoms with E-state index in [1.54, 1.807) is 13.2 Å². The Morgan fingerprint density at radius 1 is 1.04 bits per heavy atom. The van der Waals surface area contributed by atoms with Crippen LogP contribution in [0.2, 0.25) is 0 Å². The molecule has 2 aromatic rings. The van der Waals surface area contributed by atoms with Crippen LogP contribution in [0.25, 0.3) is 0 Å². The van der Waals surface area contributed by atoms with Gasteiger partial charge in [0.25, 0.3) is 0 Å². The molecule has 0 saturated carbocycles. The molecule has 1 amide bonds. The van der Waals surface area contributed by atoms with E-state index in [0.717, 1.165) is 11.3 Å². The van der Waals surface area contributed by atoms with Crippen molar-refractivity contribution in [1.29, 1.82) is 0 Å². The van der Waals surface area contributed by atoms with Crippen molar-refractivity contribution in [2.45, 2.75) is 19.4 Å². The average Bonchev–Trinajstić information content (AvgIpc) is 2.58. The monoisotopic (exact) mass is 317 g/mol. The Balaban J connectivity index is 1.89. The largest absolute Gasteiger partial charge is 0.496 e. The Bertz CT molecular complexity index is 673. The van der Waals surface area contributed by atoms with Crippen molar-refractivity contribution >= 4 is 5.91 Å². The van der Waals surface area contributed by atoms with Crippen LogP contribution in [0.15, 0.2) is 42.5 Å². The molecule has 23 heavy (non-hydrogen) atoms. The van der Waals surface area contributed by atoms with Gasteiger partial charge in [0.2, 0.25) is 5.91 Å². The number of ether oxygens (including phenoxy) is 2. The molecule has 0 aliphatic heterocycles. The molecule has 5 heteroatoms. The van der Waals surface area contributed by atoms with Gasteiger partial charge in [-0.1, -0.05) is 18.2 Å². The first kappa shape index (κ1) is 16.8. The molecular weight excluding hydrogens is 297 g/mol. The smallest absolute Gasteiger partial charge is 0.220 e. The van der Waals surface area contributed by atoms with Gasteiger partial charge in [0.15, 0.2) is 0 Å². The quantitative estimate of drug-likeness (QED) is 0.853. The maximum absolute atomic E-state index is 13.3. The molecule has 0 aromatic heterocycles. The lowest BCUT2D eigenvalue weighted by Gasteiger charge is -2.11. The van der Waals surface area contributed by atoms with Gasteiger partial charge in [-0.05, 0) is 36.2 Å². The first-order valence-corrected chi connectivity index (χ1v) is 7.35. The van der Waals surface area contributed by atoms with Crippen molar-refractivity contribution in [2.75, 3.05) is 14.2 Å². The standard InChI is InChI=1S/C18H20FNO3/c1-22-16-6-4-3-5-13(16)7-10-18(21)20-12-14-11-15(19)8-9-17(14)23-2/h3-6,8-9,11H,7,10,12H2,1-2H3,(H,20,21). The first-order valence-electron chi connectivity index (χ1n) is 7.35. The summed E-state index contributed by atoms with van der Waals surface area (Å²) in [5, 5.41) is 2.78. The fraction of sp³-hybridized carbons (Fsp3) is 0.278. The van der Waals surface area contributed by atoms with Gasteiger partial charge in [-0.3, -0.25) is 4.79 Å². The van der Waals surface area contributed by atoms with Crippen molar-refractivity contribution in [3.63, 3.8) is 0 Å². The summed E-state index contributed by atoms with van der Waals surface area (Å²) in [6.45, 7) is 0.228. The second-order valence-electron chi connectivity index (χ2n) is 5.04. The number of para-hydroxylation sites is 1. The van der Waals surface area contributed by atoms with E-state index in [-0.39, 0.29) is 18.3 Å². The summed E-state index contributed by atoms with van der Waals surface area (Å²) in [7, 11) is 3.12. The van der Waals surface area contributed by atoms with Crippen molar-refractivity contribution in [1.82, 2.24) is 5.32 Å². The number of amides is 1. The zero-order valence-corrected chi connectivity index (χ0v) is 13.3. The Morgan fingerprint density at radius 2 is 1.74 bits per heavy atom. The number of aryl methyl sites for hydroxylation is 1. The Hall–Kier alpha value is -2.56. The normalized spacial score (nSPS) is 10.2. The molecule has 0 heterocycles. The molecule has 0 unspecified atom stereocenters.